The van der Waals surface area contributed by atoms with Gasteiger partial charge in [-0.25, -0.2) is 4.89 Å². The highest BCUT2D eigenvalue weighted by molar-refractivity contribution is 6.16. The molecule has 0 amide bonds. The molecular weight excluding hydrogens is 200 g/mol. The van der Waals surface area contributed by atoms with Crippen LogP contribution in [0.5, 0.6) is 0 Å². The summed E-state index contributed by atoms with van der Waals surface area (Å²) in [4.78, 5) is 35.0. The van der Waals surface area contributed by atoms with Gasteiger partial charge in [-0.15, -0.1) is 0 Å². The molecule has 14 heavy (non-hydrogen) atoms. The third-order valence-electron chi connectivity index (χ3n) is 1.66. The minimum Gasteiger partial charge on any atom is -0.480 e. The zero-order chi connectivity index (χ0) is 11.4. The Balaban J connectivity index is 5.06. The van der Waals surface area contributed by atoms with Crippen LogP contribution in [-0.2, 0) is 19.3 Å². The van der Waals surface area contributed by atoms with Crippen LogP contribution in [0, 0.1) is 5.41 Å². The van der Waals surface area contributed by atoms with Crippen LogP contribution >= 0.6 is 0 Å². The van der Waals surface area contributed by atoms with Crippen LogP contribution in [0.2, 0.25) is 0 Å². The first-order chi connectivity index (χ1) is 6.39. The summed E-state index contributed by atoms with van der Waals surface area (Å²) >= 11 is 0. The Morgan fingerprint density at radius 3 is 1.57 bits per heavy atom. The lowest BCUT2D eigenvalue weighted by atomic mass is 9.85. The van der Waals surface area contributed by atoms with Gasteiger partial charge in [0.25, 0.3) is 5.41 Å². The van der Waals surface area contributed by atoms with E-state index in [0.29, 0.717) is 0 Å². The lowest BCUT2D eigenvalue weighted by Crippen LogP contribution is -2.47. The highest BCUT2D eigenvalue weighted by atomic mass is 17.1. The van der Waals surface area contributed by atoms with Crippen LogP contribution in [-0.4, -0.2) is 45.1 Å². The minimum atomic E-state index is -2.98. The van der Waals surface area contributed by atoms with Gasteiger partial charge in [0, 0.05) is 6.42 Å². The van der Waals surface area contributed by atoms with Crippen molar-refractivity contribution < 1.29 is 39.8 Å². The predicted octanol–water partition coefficient (Wildman–Crippen LogP) is -0.894. The fraction of sp³-hybridized carbons (Fsp3) is 0.500. The molecule has 0 aromatic rings. The second-order valence-corrected chi connectivity index (χ2v) is 2.40. The Bertz CT molecular complexity index is 221. The van der Waals surface area contributed by atoms with Gasteiger partial charge in [0.1, 0.15) is 0 Å². The quantitative estimate of drug-likeness (QED) is 0.250. The maximum atomic E-state index is 10.5. The molecule has 0 fully saturated rings. The molecule has 0 atom stereocenters. The van der Waals surface area contributed by atoms with Crippen molar-refractivity contribution in [2.75, 3.05) is 6.61 Å². The highest BCUT2D eigenvalue weighted by Gasteiger charge is 2.54. The fourth-order valence-electron chi connectivity index (χ4n) is 0.794. The van der Waals surface area contributed by atoms with Crippen molar-refractivity contribution in [2.24, 2.45) is 5.41 Å². The first-order valence-corrected chi connectivity index (χ1v) is 3.36. The van der Waals surface area contributed by atoms with E-state index in [4.69, 9.17) is 20.6 Å². The summed E-state index contributed by atoms with van der Waals surface area (Å²) in [6.45, 7) is -0.703. The zero-order valence-corrected chi connectivity index (χ0v) is 6.84. The van der Waals surface area contributed by atoms with Gasteiger partial charge in [-0.2, -0.15) is 0 Å². The minimum absolute atomic E-state index is 0.703. The Labute approximate surface area is 77.3 Å². The predicted molar refractivity (Wildman–Crippen MR) is 38.5 cm³/mol. The van der Waals surface area contributed by atoms with E-state index in [2.05, 4.69) is 4.89 Å². The number of carboxylic acid groups (broad SMARTS) is 3. The van der Waals surface area contributed by atoms with Crippen molar-refractivity contribution in [1.29, 1.82) is 0 Å². The Kier molecular flexibility index (Phi) is 3.99. The summed E-state index contributed by atoms with van der Waals surface area (Å²) in [6, 6.07) is 0. The number of aliphatic carboxylic acids is 3. The van der Waals surface area contributed by atoms with E-state index < -0.39 is 36.4 Å². The molecule has 80 valence electrons. The number of hydrogen-bond donors (Lipinski definition) is 4. The van der Waals surface area contributed by atoms with E-state index in [9.17, 15) is 14.4 Å². The van der Waals surface area contributed by atoms with Crippen molar-refractivity contribution in [3.63, 3.8) is 0 Å². The van der Waals surface area contributed by atoms with Crippen molar-refractivity contribution in [1.82, 2.24) is 0 Å². The molecule has 0 aromatic carbocycles. The van der Waals surface area contributed by atoms with Crippen molar-refractivity contribution in [3.8, 4) is 0 Å². The second-order valence-electron chi connectivity index (χ2n) is 2.40. The topological polar surface area (TPSA) is 141 Å². The molecule has 0 unspecified atom stereocenters. The summed E-state index contributed by atoms with van der Waals surface area (Å²) < 4.78 is 0. The molecule has 0 radical (unpaired) electrons. The van der Waals surface area contributed by atoms with Gasteiger partial charge in [-0.05, 0) is 0 Å². The molecule has 8 heteroatoms. The molecule has 0 saturated carbocycles. The fourth-order valence-corrected chi connectivity index (χ4v) is 0.794. The van der Waals surface area contributed by atoms with Crippen LogP contribution < -0.4 is 0 Å². The lowest BCUT2D eigenvalue weighted by Gasteiger charge is -2.18. The van der Waals surface area contributed by atoms with Crippen molar-refractivity contribution in [2.45, 2.75) is 6.42 Å². The van der Waals surface area contributed by atoms with Gasteiger partial charge in [0.2, 0.25) is 0 Å². The molecule has 0 aromatic heterocycles. The van der Waals surface area contributed by atoms with Gasteiger partial charge in [-0.1, -0.05) is 0 Å². The van der Waals surface area contributed by atoms with E-state index in [1.807, 2.05) is 0 Å². The molecule has 0 aliphatic carbocycles. The molecule has 4 N–H and O–H groups in total. The highest BCUT2D eigenvalue weighted by Crippen LogP contribution is 2.23. The lowest BCUT2D eigenvalue weighted by molar-refractivity contribution is -0.247. The summed E-state index contributed by atoms with van der Waals surface area (Å²) in [5.74, 6) is -6.06. The largest absolute Gasteiger partial charge is 0.480 e. The van der Waals surface area contributed by atoms with Gasteiger partial charge in [0.15, 0.2) is 0 Å². The smallest absolute Gasteiger partial charge is 0.332 e. The molecule has 0 saturated heterocycles. The number of carboxylic acids is 3. The van der Waals surface area contributed by atoms with Crippen LogP contribution in [0.1, 0.15) is 6.42 Å². The Morgan fingerprint density at radius 1 is 1.00 bits per heavy atom. The van der Waals surface area contributed by atoms with Gasteiger partial charge in [0.05, 0.1) is 6.61 Å². The van der Waals surface area contributed by atoms with Crippen molar-refractivity contribution in [3.05, 3.63) is 0 Å². The summed E-state index contributed by atoms with van der Waals surface area (Å²) in [5.41, 5.74) is -2.98. The monoisotopic (exact) mass is 208 g/mol. The SMILES string of the molecule is O=C(O)C(CCOO)(C(=O)O)C(=O)O. The van der Waals surface area contributed by atoms with E-state index in [1.165, 1.54) is 0 Å². The van der Waals surface area contributed by atoms with Crippen molar-refractivity contribution >= 4 is 17.9 Å². The molecule has 0 rings (SSSR count). The maximum Gasteiger partial charge on any atom is 0.332 e. The van der Waals surface area contributed by atoms with E-state index in [-0.39, 0.29) is 0 Å². The second kappa shape index (κ2) is 4.53. The van der Waals surface area contributed by atoms with Crippen LogP contribution in [0.3, 0.4) is 0 Å². The van der Waals surface area contributed by atoms with E-state index >= 15 is 0 Å². The third kappa shape index (κ3) is 1.98. The molecule has 0 heterocycles. The summed E-state index contributed by atoms with van der Waals surface area (Å²) in [6.07, 6.45) is -0.872. The molecule has 0 bridgehead atoms. The van der Waals surface area contributed by atoms with Crippen LogP contribution in [0.15, 0.2) is 0 Å². The zero-order valence-electron chi connectivity index (χ0n) is 6.84. The summed E-state index contributed by atoms with van der Waals surface area (Å²) in [5, 5.41) is 33.4. The van der Waals surface area contributed by atoms with Crippen LogP contribution in [0.4, 0.5) is 0 Å². The van der Waals surface area contributed by atoms with E-state index in [0.717, 1.165) is 0 Å². The van der Waals surface area contributed by atoms with Gasteiger partial charge in [-0.3, -0.25) is 19.6 Å². The Hall–Kier alpha value is -1.67. The molecular formula is C6H8O8. The summed E-state index contributed by atoms with van der Waals surface area (Å²) in [7, 11) is 0. The van der Waals surface area contributed by atoms with Gasteiger partial charge < -0.3 is 15.3 Å². The average molecular weight is 208 g/mol. The first-order valence-electron chi connectivity index (χ1n) is 3.36. The number of carbonyl (C=O) groups is 3. The number of rotatable bonds is 6. The maximum absolute atomic E-state index is 10.5. The van der Waals surface area contributed by atoms with Crippen LogP contribution in [0.25, 0.3) is 0 Å². The third-order valence-corrected chi connectivity index (χ3v) is 1.66. The Morgan fingerprint density at radius 2 is 1.36 bits per heavy atom. The van der Waals surface area contributed by atoms with Gasteiger partial charge >= 0.3 is 17.9 Å². The molecule has 8 nitrogen and oxygen atoms in total. The standard InChI is InChI=1S/C6H8O8/c7-3(8)6(4(9)10,5(11)12)1-2-14-13/h13H,1-2H2,(H,7,8)(H,9,10)(H,11,12). The van der Waals surface area contributed by atoms with E-state index in [1.54, 1.807) is 0 Å². The average Bonchev–Trinajstić information content (AvgIpc) is 2.03. The normalized spacial score (nSPS) is 10.9. The molecule has 0 aliphatic rings. The molecule has 0 aliphatic heterocycles. The molecule has 0 spiro atoms. The number of hydrogen-bond acceptors (Lipinski definition) is 5. The first kappa shape index (κ1) is 12.3.